The van der Waals surface area contributed by atoms with E-state index in [4.69, 9.17) is 14.2 Å². The molecule has 18 heteroatoms. The van der Waals surface area contributed by atoms with Crippen LogP contribution in [0.25, 0.3) is 11.5 Å². The molecular formula is C46H52N10O8. The van der Waals surface area contributed by atoms with E-state index in [2.05, 4.69) is 41.4 Å². The number of ether oxygens (including phenoxy) is 3. The number of aromatic nitrogens is 5. The van der Waals surface area contributed by atoms with Crippen LogP contribution in [0.2, 0.25) is 0 Å². The molecule has 1 unspecified atom stereocenters. The summed E-state index contributed by atoms with van der Waals surface area (Å²) in [4.78, 5) is 72.5. The maximum atomic E-state index is 13.2. The number of hydrogen-bond acceptors (Lipinski definition) is 13. The van der Waals surface area contributed by atoms with Gasteiger partial charge in [0.15, 0.2) is 11.6 Å². The van der Waals surface area contributed by atoms with Crippen molar-refractivity contribution in [2.24, 2.45) is 7.05 Å². The van der Waals surface area contributed by atoms with Gasteiger partial charge in [0.2, 0.25) is 17.7 Å². The number of piperidine rings is 1. The van der Waals surface area contributed by atoms with Crippen molar-refractivity contribution in [3.05, 3.63) is 113 Å². The summed E-state index contributed by atoms with van der Waals surface area (Å²) in [6.07, 6.45) is 6.86. The largest absolute Gasteiger partial charge is 0.494 e. The molecule has 2 aliphatic rings. The van der Waals surface area contributed by atoms with Crippen molar-refractivity contribution < 1.29 is 38.2 Å². The summed E-state index contributed by atoms with van der Waals surface area (Å²) >= 11 is 0. The second kappa shape index (κ2) is 21.8. The first kappa shape index (κ1) is 45.0. The average molecular weight is 873 g/mol. The maximum absolute atomic E-state index is 13.2. The number of rotatable bonds is 22. The zero-order valence-corrected chi connectivity index (χ0v) is 35.9. The Bertz CT molecular complexity index is 2440. The number of unbranched alkanes of at least 4 members (excludes halogenated alkanes) is 2. The van der Waals surface area contributed by atoms with Crippen LogP contribution in [-0.2, 0) is 44.0 Å². The molecule has 0 aliphatic carbocycles. The normalized spacial score (nSPS) is 15.1. The molecule has 18 nitrogen and oxygen atoms in total. The van der Waals surface area contributed by atoms with E-state index in [9.17, 15) is 24.0 Å². The summed E-state index contributed by atoms with van der Waals surface area (Å²) in [6.45, 7) is 4.36. The van der Waals surface area contributed by atoms with Crippen LogP contribution in [0.15, 0.2) is 85.3 Å². The van der Waals surface area contributed by atoms with Gasteiger partial charge in [-0.2, -0.15) is 0 Å². The Kier molecular flexibility index (Phi) is 15.4. The Labute approximate surface area is 370 Å². The fraction of sp³-hybridized carbons (Fsp3) is 0.370. The lowest BCUT2D eigenvalue weighted by molar-refractivity contribution is -0.137. The number of imide groups is 1. The number of carbonyl (C=O) groups excluding carboxylic acids is 5. The number of nitrogens with zero attached hydrogens (tertiary/aromatic N) is 6. The van der Waals surface area contributed by atoms with Crippen LogP contribution in [0.3, 0.4) is 0 Å². The number of anilines is 2. The van der Waals surface area contributed by atoms with E-state index >= 15 is 0 Å². The molecule has 0 radical (unpaired) electrons. The van der Waals surface area contributed by atoms with E-state index in [1.807, 2.05) is 54.9 Å². The van der Waals surface area contributed by atoms with Crippen LogP contribution in [0, 0.1) is 0 Å². The average Bonchev–Trinajstić information content (AvgIpc) is 3.85. The molecule has 3 aromatic carbocycles. The number of benzene rings is 3. The highest BCUT2D eigenvalue weighted by Crippen LogP contribution is 2.32. The van der Waals surface area contributed by atoms with Crippen LogP contribution in [0.4, 0.5) is 11.4 Å². The van der Waals surface area contributed by atoms with Gasteiger partial charge in [0.25, 0.3) is 11.8 Å². The Morgan fingerprint density at radius 3 is 2.56 bits per heavy atom. The first-order valence-electron chi connectivity index (χ1n) is 21.4. The molecule has 334 valence electrons. The van der Waals surface area contributed by atoms with E-state index in [0.717, 1.165) is 36.3 Å². The SMILES string of the molecule is C[C@@H](NC(=O)c1cccc(NCc2nnc(-c3ccncn3)n2C)c1)c1cccc(OCCCCCOCCCOCC(=O)Nc2cccc3c2CN(C2CCC(=O)NC2=O)C3=O)c1. The molecule has 2 atom stereocenters. The highest BCUT2D eigenvalue weighted by Gasteiger charge is 2.40. The fourth-order valence-electron chi connectivity index (χ4n) is 7.44. The second-order valence-corrected chi connectivity index (χ2v) is 15.5. The van der Waals surface area contributed by atoms with Gasteiger partial charge in [-0.3, -0.25) is 29.3 Å². The molecule has 4 heterocycles. The lowest BCUT2D eigenvalue weighted by Gasteiger charge is -2.29. The number of amides is 5. The third-order valence-corrected chi connectivity index (χ3v) is 10.9. The summed E-state index contributed by atoms with van der Waals surface area (Å²) < 4.78 is 19.2. The van der Waals surface area contributed by atoms with Gasteiger partial charge in [-0.1, -0.05) is 24.3 Å². The Balaban J connectivity index is 0.731. The van der Waals surface area contributed by atoms with Crippen LogP contribution >= 0.6 is 0 Å². The molecule has 2 aromatic heterocycles. The standard InChI is InChI=1S/C46H52N10O8/c1-30(50-44(59)32-11-6-12-33(24-32)48-26-40-53-54-43(55(40)2)38-18-19-47-29-49-38)31-10-7-13-34(25-31)64-23-5-3-4-20-62-21-9-22-63-28-42(58)51-37-15-8-14-35-36(37)27-56(46(35)61)39-16-17-41(57)52-45(39)60/h6-8,10-15,18-19,24-25,29-30,39,48H,3-5,9,16-17,20-23,26-28H2,1-2H3,(H,50,59)(H,51,58)(H,52,57,60)/t30-,39?/m1/s1. The highest BCUT2D eigenvalue weighted by atomic mass is 16.5. The van der Waals surface area contributed by atoms with E-state index in [0.29, 0.717) is 79.1 Å². The topological polar surface area (TPSA) is 221 Å². The zero-order valence-electron chi connectivity index (χ0n) is 35.9. The predicted octanol–water partition coefficient (Wildman–Crippen LogP) is 4.75. The van der Waals surface area contributed by atoms with Gasteiger partial charge >= 0.3 is 0 Å². The molecule has 5 aromatic rings. The molecule has 64 heavy (non-hydrogen) atoms. The molecular weight excluding hydrogens is 821 g/mol. The predicted molar refractivity (Wildman–Crippen MR) is 235 cm³/mol. The molecule has 2 aliphatic heterocycles. The van der Waals surface area contributed by atoms with Gasteiger partial charge in [-0.05, 0) is 93.1 Å². The summed E-state index contributed by atoms with van der Waals surface area (Å²) in [6, 6.07) is 20.9. The van der Waals surface area contributed by atoms with Gasteiger partial charge in [0, 0.05) is 74.1 Å². The van der Waals surface area contributed by atoms with Crippen LogP contribution < -0.4 is 26.0 Å². The molecule has 0 saturated carbocycles. The highest BCUT2D eigenvalue weighted by molar-refractivity contribution is 6.07. The monoisotopic (exact) mass is 872 g/mol. The third-order valence-electron chi connectivity index (χ3n) is 10.9. The van der Waals surface area contributed by atoms with E-state index < -0.39 is 11.9 Å². The zero-order chi connectivity index (χ0) is 44.8. The molecule has 0 bridgehead atoms. The van der Waals surface area contributed by atoms with Crippen LogP contribution in [0.5, 0.6) is 5.75 Å². The molecule has 5 amide bonds. The van der Waals surface area contributed by atoms with Gasteiger partial charge in [-0.15, -0.1) is 10.2 Å². The molecule has 1 saturated heterocycles. The quantitative estimate of drug-likeness (QED) is 0.0546. The van der Waals surface area contributed by atoms with E-state index in [-0.39, 0.29) is 55.7 Å². The van der Waals surface area contributed by atoms with Gasteiger partial charge < -0.3 is 39.6 Å². The van der Waals surface area contributed by atoms with Crippen LogP contribution in [0.1, 0.15) is 89.2 Å². The van der Waals surface area contributed by atoms with Crippen molar-refractivity contribution >= 4 is 40.9 Å². The first-order valence-corrected chi connectivity index (χ1v) is 21.4. The van der Waals surface area contributed by atoms with Crippen molar-refractivity contribution in [1.82, 2.24) is 40.3 Å². The molecule has 4 N–H and O–H groups in total. The number of nitrogens with one attached hydrogen (secondary N) is 4. The summed E-state index contributed by atoms with van der Waals surface area (Å²) in [5.74, 6) is 0.405. The van der Waals surface area contributed by atoms with Crippen molar-refractivity contribution in [2.75, 3.05) is 43.7 Å². The minimum Gasteiger partial charge on any atom is -0.494 e. The minimum absolute atomic E-state index is 0.154. The second-order valence-electron chi connectivity index (χ2n) is 15.5. The third kappa shape index (κ3) is 11.7. The Hall–Kier alpha value is -7.05. The van der Waals surface area contributed by atoms with Crippen molar-refractivity contribution in [1.29, 1.82) is 0 Å². The van der Waals surface area contributed by atoms with Crippen LogP contribution in [-0.4, -0.2) is 98.2 Å². The van der Waals surface area contributed by atoms with E-state index in [1.165, 1.54) is 11.2 Å². The Morgan fingerprint density at radius 1 is 0.906 bits per heavy atom. The first-order chi connectivity index (χ1) is 31.1. The summed E-state index contributed by atoms with van der Waals surface area (Å²) in [5.41, 5.74) is 4.46. The Morgan fingerprint density at radius 2 is 1.72 bits per heavy atom. The molecule has 7 rings (SSSR count). The molecule has 0 spiro atoms. The molecule has 1 fully saturated rings. The van der Waals surface area contributed by atoms with Gasteiger partial charge in [0.1, 0.15) is 30.4 Å². The maximum Gasteiger partial charge on any atom is 0.255 e. The lowest BCUT2D eigenvalue weighted by atomic mass is 10.0. The summed E-state index contributed by atoms with van der Waals surface area (Å²) in [7, 11) is 1.88. The minimum atomic E-state index is -0.730. The van der Waals surface area contributed by atoms with Gasteiger partial charge in [0.05, 0.1) is 19.2 Å². The summed E-state index contributed by atoms with van der Waals surface area (Å²) in [5, 5.41) is 20.1. The smallest absolute Gasteiger partial charge is 0.255 e. The van der Waals surface area contributed by atoms with Crippen molar-refractivity contribution in [3.63, 3.8) is 0 Å². The number of hydrogen-bond donors (Lipinski definition) is 4. The van der Waals surface area contributed by atoms with Crippen molar-refractivity contribution in [3.8, 4) is 17.3 Å². The van der Waals surface area contributed by atoms with Gasteiger partial charge in [-0.25, -0.2) is 9.97 Å². The number of fused-ring (bicyclic) bond motifs is 1. The fourth-order valence-corrected chi connectivity index (χ4v) is 7.44. The number of carbonyl (C=O) groups is 5. The van der Waals surface area contributed by atoms with Crippen molar-refractivity contribution in [2.45, 2.75) is 70.6 Å². The van der Waals surface area contributed by atoms with E-state index in [1.54, 1.807) is 42.6 Å². The lowest BCUT2D eigenvalue weighted by Crippen LogP contribution is -2.52.